The molecule has 4 rings (SSSR count). The maximum Gasteiger partial charge on any atom is 0.274 e. The molecule has 1 N–H and O–H groups in total. The van der Waals surface area contributed by atoms with Crippen LogP contribution in [0.3, 0.4) is 0 Å². The minimum absolute atomic E-state index is 0.308. The zero-order valence-corrected chi connectivity index (χ0v) is 15.4. The van der Waals surface area contributed by atoms with Crippen molar-refractivity contribution in [1.82, 2.24) is 14.4 Å². The quantitative estimate of drug-likeness (QED) is 0.567. The number of pyridine rings is 2. The summed E-state index contributed by atoms with van der Waals surface area (Å²) in [6.45, 7) is 1.92. The monoisotopic (exact) mass is 374 g/mol. The van der Waals surface area contributed by atoms with Gasteiger partial charge in [0.1, 0.15) is 17.2 Å². The van der Waals surface area contributed by atoms with E-state index in [0.29, 0.717) is 29.1 Å². The van der Waals surface area contributed by atoms with Crippen LogP contribution in [0.2, 0.25) is 0 Å². The summed E-state index contributed by atoms with van der Waals surface area (Å²) in [4.78, 5) is 21.3. The van der Waals surface area contributed by atoms with Gasteiger partial charge in [-0.1, -0.05) is 19.1 Å². The molecule has 0 fully saturated rings. The summed E-state index contributed by atoms with van der Waals surface area (Å²) in [5.74, 6) is -0.723. The van der Waals surface area contributed by atoms with E-state index < -0.39 is 5.82 Å². The lowest BCUT2D eigenvalue weighted by atomic mass is 10.1. The van der Waals surface area contributed by atoms with E-state index in [9.17, 15) is 9.18 Å². The molecule has 0 aliphatic rings. The molecular formula is C22H19FN4O. The van der Waals surface area contributed by atoms with Crippen LogP contribution < -0.4 is 5.32 Å². The summed E-state index contributed by atoms with van der Waals surface area (Å²) >= 11 is 0. The minimum atomic E-state index is -0.415. The number of nitrogens with one attached hydrogen (secondary N) is 1. The van der Waals surface area contributed by atoms with Crippen LogP contribution >= 0.6 is 0 Å². The first-order chi connectivity index (χ1) is 13.6. The van der Waals surface area contributed by atoms with Crippen LogP contribution in [-0.4, -0.2) is 20.3 Å². The number of aromatic nitrogens is 3. The smallest absolute Gasteiger partial charge is 0.274 e. The highest BCUT2D eigenvalue weighted by atomic mass is 19.1. The van der Waals surface area contributed by atoms with Gasteiger partial charge in [-0.25, -0.2) is 9.37 Å². The number of imidazole rings is 1. The Hall–Kier alpha value is -3.54. The van der Waals surface area contributed by atoms with Crippen molar-refractivity contribution in [2.75, 3.05) is 5.32 Å². The zero-order chi connectivity index (χ0) is 19.5. The van der Waals surface area contributed by atoms with Gasteiger partial charge in [0.2, 0.25) is 0 Å². The van der Waals surface area contributed by atoms with E-state index in [1.54, 1.807) is 18.5 Å². The van der Waals surface area contributed by atoms with Crippen LogP contribution in [0.15, 0.2) is 67.1 Å². The Morgan fingerprint density at radius 1 is 1.04 bits per heavy atom. The Morgan fingerprint density at radius 2 is 1.75 bits per heavy atom. The molecule has 28 heavy (non-hydrogen) atoms. The second-order valence-electron chi connectivity index (χ2n) is 6.52. The summed E-state index contributed by atoms with van der Waals surface area (Å²) < 4.78 is 15.2. The maximum absolute atomic E-state index is 13.7. The number of carbonyl (C=O) groups excluding carboxylic acids is 1. The lowest BCUT2D eigenvalue weighted by Gasteiger charge is -2.08. The van der Waals surface area contributed by atoms with Gasteiger partial charge in [-0.15, -0.1) is 0 Å². The van der Waals surface area contributed by atoms with Crippen molar-refractivity contribution in [2.45, 2.75) is 19.8 Å². The molecule has 0 spiro atoms. The molecule has 4 aromatic rings. The first-order valence-corrected chi connectivity index (χ1v) is 9.09. The molecule has 3 aromatic heterocycles. The van der Waals surface area contributed by atoms with Crippen molar-refractivity contribution >= 4 is 17.2 Å². The molecule has 3 heterocycles. The molecule has 1 aromatic carbocycles. The normalized spacial score (nSPS) is 10.9. The van der Waals surface area contributed by atoms with Gasteiger partial charge in [0.25, 0.3) is 5.91 Å². The number of hydrogen-bond acceptors (Lipinski definition) is 3. The van der Waals surface area contributed by atoms with Crippen molar-refractivity contribution < 1.29 is 9.18 Å². The fourth-order valence-corrected chi connectivity index (χ4v) is 3.19. The first kappa shape index (κ1) is 17.9. The van der Waals surface area contributed by atoms with Crippen LogP contribution in [0.5, 0.6) is 0 Å². The van der Waals surface area contributed by atoms with Crippen molar-refractivity contribution in [1.29, 1.82) is 0 Å². The van der Waals surface area contributed by atoms with E-state index in [1.165, 1.54) is 22.2 Å². The number of nitrogens with zero attached hydrogens (tertiary/aromatic N) is 3. The molecule has 0 atom stereocenters. The Kier molecular flexibility index (Phi) is 4.85. The van der Waals surface area contributed by atoms with Gasteiger partial charge in [0.15, 0.2) is 0 Å². The second-order valence-corrected chi connectivity index (χ2v) is 6.52. The van der Waals surface area contributed by atoms with E-state index in [-0.39, 0.29) is 5.91 Å². The fraction of sp³-hybridized carbons (Fsp3) is 0.136. The summed E-state index contributed by atoms with van der Waals surface area (Å²) in [5, 5.41) is 2.89. The highest BCUT2D eigenvalue weighted by Gasteiger charge is 2.18. The molecule has 6 heteroatoms. The van der Waals surface area contributed by atoms with E-state index in [4.69, 9.17) is 0 Å². The number of anilines is 1. The molecule has 0 radical (unpaired) electrons. The zero-order valence-electron chi connectivity index (χ0n) is 15.4. The molecular weight excluding hydrogens is 355 g/mol. The molecule has 1 amide bonds. The number of hydrogen-bond donors (Lipinski definition) is 1. The summed E-state index contributed by atoms with van der Waals surface area (Å²) in [5.41, 5.74) is 4.53. The fourth-order valence-electron chi connectivity index (χ4n) is 3.19. The average Bonchev–Trinajstić information content (AvgIpc) is 3.08. The van der Waals surface area contributed by atoms with E-state index in [1.807, 2.05) is 43.3 Å². The van der Waals surface area contributed by atoms with Gasteiger partial charge in [0, 0.05) is 24.3 Å². The van der Waals surface area contributed by atoms with Crippen LogP contribution in [0.25, 0.3) is 5.65 Å². The molecule has 0 saturated heterocycles. The summed E-state index contributed by atoms with van der Waals surface area (Å²) in [6.07, 6.45) is 6.20. The standard InChI is InChI=1S/C22H19FN4O/c1-2-19-21(27-14-17(23)5-8-20(27)26-19)22(28)25-18-6-3-15(4-7-18)13-16-9-11-24-12-10-16/h3-12,14H,2,13H2,1H3,(H,25,28). The predicted molar refractivity (Wildman–Crippen MR) is 106 cm³/mol. The summed E-state index contributed by atoms with van der Waals surface area (Å²) in [7, 11) is 0. The molecule has 5 nitrogen and oxygen atoms in total. The number of fused-ring (bicyclic) bond motifs is 1. The van der Waals surface area contributed by atoms with Crippen LogP contribution in [0.4, 0.5) is 10.1 Å². The average molecular weight is 374 g/mol. The second kappa shape index (κ2) is 7.60. The lowest BCUT2D eigenvalue weighted by Crippen LogP contribution is -2.16. The largest absolute Gasteiger partial charge is 0.321 e. The third-order valence-electron chi connectivity index (χ3n) is 4.57. The minimum Gasteiger partial charge on any atom is -0.321 e. The van der Waals surface area contributed by atoms with Crippen molar-refractivity contribution in [3.8, 4) is 0 Å². The van der Waals surface area contributed by atoms with Crippen LogP contribution in [0, 0.1) is 5.82 Å². The van der Waals surface area contributed by atoms with Crippen molar-refractivity contribution in [2.24, 2.45) is 0 Å². The molecule has 0 unspecified atom stereocenters. The Morgan fingerprint density at radius 3 is 2.46 bits per heavy atom. The number of rotatable bonds is 5. The molecule has 0 bridgehead atoms. The van der Waals surface area contributed by atoms with E-state index >= 15 is 0 Å². The number of amides is 1. The highest BCUT2D eigenvalue weighted by Crippen LogP contribution is 2.18. The molecule has 0 aliphatic heterocycles. The summed E-state index contributed by atoms with van der Waals surface area (Å²) in [6, 6.07) is 14.5. The third-order valence-corrected chi connectivity index (χ3v) is 4.57. The third kappa shape index (κ3) is 3.62. The van der Waals surface area contributed by atoms with Gasteiger partial charge in [-0.2, -0.15) is 0 Å². The molecule has 0 aliphatic carbocycles. The highest BCUT2D eigenvalue weighted by molar-refractivity contribution is 6.04. The number of halogens is 1. The van der Waals surface area contributed by atoms with E-state index in [2.05, 4.69) is 15.3 Å². The van der Waals surface area contributed by atoms with Crippen molar-refractivity contribution in [3.05, 3.63) is 95.5 Å². The predicted octanol–water partition coefficient (Wildman–Crippen LogP) is 4.27. The SMILES string of the molecule is CCc1nc2ccc(F)cn2c1C(=O)Nc1ccc(Cc2ccncc2)cc1. The van der Waals surface area contributed by atoms with Crippen LogP contribution in [0.1, 0.15) is 34.2 Å². The van der Waals surface area contributed by atoms with Crippen LogP contribution in [-0.2, 0) is 12.8 Å². The first-order valence-electron chi connectivity index (χ1n) is 9.09. The van der Waals surface area contributed by atoms with Gasteiger partial charge in [-0.05, 0) is 60.4 Å². The lowest BCUT2D eigenvalue weighted by molar-refractivity contribution is 0.102. The topological polar surface area (TPSA) is 59.3 Å². The van der Waals surface area contributed by atoms with Gasteiger partial charge < -0.3 is 5.32 Å². The Labute approximate surface area is 161 Å². The molecule has 0 saturated carbocycles. The van der Waals surface area contributed by atoms with Gasteiger partial charge in [0.05, 0.1) is 5.69 Å². The van der Waals surface area contributed by atoms with E-state index in [0.717, 1.165) is 12.0 Å². The van der Waals surface area contributed by atoms with Gasteiger partial charge in [-0.3, -0.25) is 14.2 Å². The van der Waals surface area contributed by atoms with Crippen molar-refractivity contribution in [3.63, 3.8) is 0 Å². The van der Waals surface area contributed by atoms with Gasteiger partial charge >= 0.3 is 0 Å². The number of aryl methyl sites for hydroxylation is 1. The maximum atomic E-state index is 13.7. The Balaban J connectivity index is 1.55. The Bertz CT molecular complexity index is 1120. The number of carbonyl (C=O) groups is 1. The molecule has 140 valence electrons. The number of benzene rings is 1.